The zero-order chi connectivity index (χ0) is 12.3. The van der Waals surface area contributed by atoms with E-state index in [0.29, 0.717) is 16.0 Å². The summed E-state index contributed by atoms with van der Waals surface area (Å²) < 4.78 is 19.9. The van der Waals surface area contributed by atoms with E-state index in [1.54, 1.807) is 18.2 Å². The topological polar surface area (TPSA) is 25.2 Å². The SMILES string of the molecule is CCNC(c1ccc(Br)o1)c1ccccc1F. The number of rotatable bonds is 4. The summed E-state index contributed by atoms with van der Waals surface area (Å²) in [7, 11) is 0. The Labute approximate surface area is 108 Å². The van der Waals surface area contributed by atoms with Crippen LogP contribution in [-0.2, 0) is 0 Å². The Hall–Kier alpha value is -1.13. The van der Waals surface area contributed by atoms with E-state index in [9.17, 15) is 4.39 Å². The quantitative estimate of drug-likeness (QED) is 0.926. The molecule has 1 N–H and O–H groups in total. The van der Waals surface area contributed by atoms with Crippen molar-refractivity contribution in [2.24, 2.45) is 0 Å². The summed E-state index contributed by atoms with van der Waals surface area (Å²) in [4.78, 5) is 0. The summed E-state index contributed by atoms with van der Waals surface area (Å²) in [6.07, 6.45) is 0. The number of hydrogen-bond donors (Lipinski definition) is 1. The smallest absolute Gasteiger partial charge is 0.169 e. The lowest BCUT2D eigenvalue weighted by atomic mass is 10.0. The van der Waals surface area contributed by atoms with Gasteiger partial charge in [-0.25, -0.2) is 4.39 Å². The molecule has 0 amide bonds. The molecule has 1 unspecified atom stereocenters. The highest BCUT2D eigenvalue weighted by molar-refractivity contribution is 9.10. The molecule has 0 saturated heterocycles. The first-order valence-corrected chi connectivity index (χ1v) is 6.24. The Morgan fingerprint density at radius 1 is 1.29 bits per heavy atom. The predicted molar refractivity (Wildman–Crippen MR) is 68.3 cm³/mol. The van der Waals surface area contributed by atoms with Crippen LogP contribution < -0.4 is 5.32 Å². The third-order valence-corrected chi connectivity index (χ3v) is 2.93. The van der Waals surface area contributed by atoms with Crippen LogP contribution in [0.25, 0.3) is 0 Å². The molecule has 1 aromatic heterocycles. The standard InChI is InChI=1S/C13H13BrFNO/c1-2-16-13(11-7-8-12(14)17-11)9-5-3-4-6-10(9)15/h3-8,13,16H,2H2,1H3. The largest absolute Gasteiger partial charge is 0.452 e. The van der Waals surface area contributed by atoms with Gasteiger partial charge in [0.1, 0.15) is 11.6 Å². The summed E-state index contributed by atoms with van der Waals surface area (Å²) in [6.45, 7) is 2.71. The van der Waals surface area contributed by atoms with Crippen LogP contribution in [0.4, 0.5) is 4.39 Å². The minimum atomic E-state index is -0.257. The van der Waals surface area contributed by atoms with Gasteiger partial charge in [-0.15, -0.1) is 0 Å². The molecule has 0 spiro atoms. The fraction of sp³-hybridized carbons (Fsp3) is 0.231. The van der Waals surface area contributed by atoms with Crippen LogP contribution in [-0.4, -0.2) is 6.54 Å². The Kier molecular flexibility index (Phi) is 3.97. The molecule has 1 aromatic carbocycles. The van der Waals surface area contributed by atoms with Gasteiger partial charge in [-0.05, 0) is 40.7 Å². The van der Waals surface area contributed by atoms with Crippen molar-refractivity contribution in [1.29, 1.82) is 0 Å². The van der Waals surface area contributed by atoms with Gasteiger partial charge in [-0.3, -0.25) is 0 Å². The third kappa shape index (κ3) is 2.76. The van der Waals surface area contributed by atoms with Crippen molar-refractivity contribution >= 4 is 15.9 Å². The van der Waals surface area contributed by atoms with Gasteiger partial charge < -0.3 is 9.73 Å². The second-order valence-electron chi connectivity index (χ2n) is 3.65. The minimum absolute atomic E-state index is 0.231. The molecule has 1 heterocycles. The fourth-order valence-electron chi connectivity index (χ4n) is 1.76. The molecular weight excluding hydrogens is 285 g/mol. The Balaban J connectivity index is 2.39. The summed E-state index contributed by atoms with van der Waals surface area (Å²) in [5.41, 5.74) is 0.594. The van der Waals surface area contributed by atoms with Gasteiger partial charge in [0, 0.05) is 5.56 Å². The third-order valence-electron chi connectivity index (χ3n) is 2.50. The van der Waals surface area contributed by atoms with Crippen molar-refractivity contribution in [2.45, 2.75) is 13.0 Å². The highest BCUT2D eigenvalue weighted by Crippen LogP contribution is 2.27. The van der Waals surface area contributed by atoms with E-state index >= 15 is 0 Å². The molecule has 0 aliphatic rings. The van der Waals surface area contributed by atoms with Gasteiger partial charge in [-0.1, -0.05) is 25.1 Å². The van der Waals surface area contributed by atoms with E-state index in [1.807, 2.05) is 19.1 Å². The first kappa shape index (κ1) is 12.3. The molecule has 17 heavy (non-hydrogen) atoms. The van der Waals surface area contributed by atoms with Gasteiger partial charge in [0.05, 0.1) is 6.04 Å². The van der Waals surface area contributed by atoms with E-state index in [4.69, 9.17) is 4.42 Å². The van der Waals surface area contributed by atoms with Gasteiger partial charge in [0.2, 0.25) is 0 Å². The Morgan fingerprint density at radius 2 is 2.06 bits per heavy atom. The second-order valence-corrected chi connectivity index (χ2v) is 4.44. The lowest BCUT2D eigenvalue weighted by Gasteiger charge is -2.16. The molecule has 0 aliphatic carbocycles. The van der Waals surface area contributed by atoms with Crippen LogP contribution in [0, 0.1) is 5.82 Å². The van der Waals surface area contributed by atoms with Gasteiger partial charge in [0.15, 0.2) is 4.67 Å². The molecule has 0 fully saturated rings. The molecular formula is C13H13BrFNO. The lowest BCUT2D eigenvalue weighted by molar-refractivity contribution is 0.429. The van der Waals surface area contributed by atoms with Crippen LogP contribution in [0.3, 0.4) is 0 Å². The van der Waals surface area contributed by atoms with Crippen LogP contribution in [0.1, 0.15) is 24.3 Å². The molecule has 2 nitrogen and oxygen atoms in total. The van der Waals surface area contributed by atoms with Crippen molar-refractivity contribution < 1.29 is 8.81 Å². The summed E-state index contributed by atoms with van der Waals surface area (Å²) in [5.74, 6) is 0.467. The van der Waals surface area contributed by atoms with Crippen LogP contribution in [0.5, 0.6) is 0 Å². The van der Waals surface area contributed by atoms with Gasteiger partial charge >= 0.3 is 0 Å². The molecule has 0 aliphatic heterocycles. The number of furan rings is 1. The molecule has 2 rings (SSSR count). The molecule has 90 valence electrons. The highest BCUT2D eigenvalue weighted by Gasteiger charge is 2.19. The summed E-state index contributed by atoms with van der Waals surface area (Å²) in [5, 5.41) is 3.21. The lowest BCUT2D eigenvalue weighted by Crippen LogP contribution is -2.22. The van der Waals surface area contributed by atoms with Crippen molar-refractivity contribution in [2.75, 3.05) is 6.54 Å². The summed E-state index contributed by atoms with van der Waals surface area (Å²) >= 11 is 3.25. The highest BCUT2D eigenvalue weighted by atomic mass is 79.9. The Bertz CT molecular complexity index is 498. The predicted octanol–water partition coefficient (Wildman–Crippen LogP) is 3.88. The van der Waals surface area contributed by atoms with Crippen molar-refractivity contribution in [3.05, 3.63) is 58.2 Å². The van der Waals surface area contributed by atoms with E-state index in [-0.39, 0.29) is 11.9 Å². The van der Waals surface area contributed by atoms with Crippen molar-refractivity contribution in [1.82, 2.24) is 5.32 Å². The monoisotopic (exact) mass is 297 g/mol. The molecule has 2 aromatic rings. The number of halogens is 2. The van der Waals surface area contributed by atoms with Gasteiger partial charge in [0.25, 0.3) is 0 Å². The molecule has 0 saturated carbocycles. The maximum atomic E-state index is 13.8. The maximum absolute atomic E-state index is 13.8. The van der Waals surface area contributed by atoms with E-state index in [0.717, 1.165) is 6.54 Å². The zero-order valence-corrected chi connectivity index (χ0v) is 11.0. The Morgan fingerprint density at radius 3 is 2.65 bits per heavy atom. The van der Waals surface area contributed by atoms with Crippen molar-refractivity contribution in [3.8, 4) is 0 Å². The average Bonchev–Trinajstić information content (AvgIpc) is 2.74. The van der Waals surface area contributed by atoms with Crippen LogP contribution in [0.15, 0.2) is 45.5 Å². The van der Waals surface area contributed by atoms with Crippen molar-refractivity contribution in [3.63, 3.8) is 0 Å². The number of hydrogen-bond acceptors (Lipinski definition) is 2. The van der Waals surface area contributed by atoms with E-state index in [1.165, 1.54) is 6.07 Å². The minimum Gasteiger partial charge on any atom is -0.452 e. The second kappa shape index (κ2) is 5.47. The fourth-order valence-corrected chi connectivity index (χ4v) is 2.08. The molecule has 0 radical (unpaired) electrons. The molecule has 0 bridgehead atoms. The van der Waals surface area contributed by atoms with Crippen LogP contribution in [0.2, 0.25) is 0 Å². The molecule has 1 atom stereocenters. The number of nitrogens with one attached hydrogen (secondary N) is 1. The first-order chi connectivity index (χ1) is 8.22. The van der Waals surface area contributed by atoms with Gasteiger partial charge in [-0.2, -0.15) is 0 Å². The first-order valence-electron chi connectivity index (χ1n) is 5.45. The molecule has 4 heteroatoms. The average molecular weight is 298 g/mol. The normalized spacial score (nSPS) is 12.6. The van der Waals surface area contributed by atoms with Crippen LogP contribution >= 0.6 is 15.9 Å². The maximum Gasteiger partial charge on any atom is 0.169 e. The summed E-state index contributed by atoms with van der Waals surface area (Å²) in [6, 6.07) is 10.1. The number of benzene rings is 1. The van der Waals surface area contributed by atoms with E-state index in [2.05, 4.69) is 21.2 Å². The van der Waals surface area contributed by atoms with E-state index < -0.39 is 0 Å². The zero-order valence-electron chi connectivity index (χ0n) is 9.41.